The van der Waals surface area contributed by atoms with Gasteiger partial charge >= 0.3 is 0 Å². The van der Waals surface area contributed by atoms with Crippen molar-refractivity contribution in [1.29, 1.82) is 0 Å². The maximum atomic E-state index is 12.7. The molecule has 7 nitrogen and oxygen atoms in total. The Balaban J connectivity index is 1.58. The van der Waals surface area contributed by atoms with Crippen molar-refractivity contribution < 1.29 is 19.7 Å². The molecule has 1 aliphatic heterocycles. The second-order valence-corrected chi connectivity index (χ2v) is 7.76. The molecule has 29 heavy (non-hydrogen) atoms. The first-order valence-electron chi connectivity index (χ1n) is 9.87. The van der Waals surface area contributed by atoms with Crippen molar-refractivity contribution in [2.24, 2.45) is 0 Å². The van der Waals surface area contributed by atoms with Gasteiger partial charge in [-0.3, -0.25) is 9.69 Å². The quantitative estimate of drug-likeness (QED) is 0.775. The van der Waals surface area contributed by atoms with Gasteiger partial charge in [-0.15, -0.1) is 0 Å². The molecule has 1 atom stereocenters. The van der Waals surface area contributed by atoms with Gasteiger partial charge in [0.1, 0.15) is 11.5 Å². The van der Waals surface area contributed by atoms with Crippen molar-refractivity contribution >= 4 is 5.91 Å². The summed E-state index contributed by atoms with van der Waals surface area (Å²) >= 11 is 0. The van der Waals surface area contributed by atoms with E-state index >= 15 is 0 Å². The number of hydrogen-bond acceptors (Lipinski definition) is 6. The first-order chi connectivity index (χ1) is 13.9. The Morgan fingerprint density at radius 1 is 1.24 bits per heavy atom. The molecule has 1 aliphatic rings. The summed E-state index contributed by atoms with van der Waals surface area (Å²) in [6.07, 6.45) is 3.30. The number of aliphatic hydroxyl groups is 1. The third-order valence-corrected chi connectivity index (χ3v) is 5.37. The maximum absolute atomic E-state index is 12.7. The van der Waals surface area contributed by atoms with E-state index in [9.17, 15) is 15.0 Å². The molecule has 156 valence electrons. The van der Waals surface area contributed by atoms with Gasteiger partial charge in [-0.1, -0.05) is 12.1 Å². The zero-order valence-electron chi connectivity index (χ0n) is 17.0. The number of ether oxygens (including phenoxy) is 1. The van der Waals surface area contributed by atoms with Crippen molar-refractivity contribution in [3.8, 4) is 11.5 Å². The van der Waals surface area contributed by atoms with E-state index in [1.807, 2.05) is 31.3 Å². The van der Waals surface area contributed by atoms with Crippen LogP contribution >= 0.6 is 0 Å². The zero-order valence-corrected chi connectivity index (χ0v) is 17.0. The normalized spacial score (nSPS) is 19.8. The fourth-order valence-corrected chi connectivity index (χ4v) is 3.85. The van der Waals surface area contributed by atoms with Gasteiger partial charge in [0, 0.05) is 32.4 Å². The third kappa shape index (κ3) is 5.46. The molecule has 2 aromatic rings. The fourth-order valence-electron chi connectivity index (χ4n) is 3.85. The van der Waals surface area contributed by atoms with Gasteiger partial charge in [0.05, 0.1) is 12.7 Å². The SMILES string of the molecule is COc1ccc(CN(C)C[C@@]2(O)CCCN(C(=O)c3ncccc3O)CC2)cc1. The number of pyridine rings is 1. The highest BCUT2D eigenvalue weighted by atomic mass is 16.5. The lowest BCUT2D eigenvalue weighted by atomic mass is 9.94. The Kier molecular flexibility index (Phi) is 6.71. The molecule has 2 heterocycles. The van der Waals surface area contributed by atoms with Crippen LogP contribution in [0.5, 0.6) is 11.5 Å². The molecule has 3 rings (SSSR count). The number of aromatic hydroxyl groups is 1. The number of likely N-dealkylation sites (N-methyl/N-ethyl adjacent to an activating group) is 1. The minimum absolute atomic E-state index is 0.0644. The summed E-state index contributed by atoms with van der Waals surface area (Å²) in [6.45, 7) is 2.22. The van der Waals surface area contributed by atoms with Crippen molar-refractivity contribution in [1.82, 2.24) is 14.8 Å². The Hall–Kier alpha value is -2.64. The summed E-state index contributed by atoms with van der Waals surface area (Å²) in [6, 6.07) is 11.0. The molecule has 1 aromatic carbocycles. The van der Waals surface area contributed by atoms with Crippen molar-refractivity contribution in [3.05, 3.63) is 53.9 Å². The number of carbonyl (C=O) groups excluding carboxylic acids is 1. The van der Waals surface area contributed by atoms with Crippen LogP contribution in [0.1, 0.15) is 35.3 Å². The van der Waals surface area contributed by atoms with Crippen molar-refractivity contribution in [3.63, 3.8) is 0 Å². The van der Waals surface area contributed by atoms with Crippen LogP contribution in [0.25, 0.3) is 0 Å². The highest BCUT2D eigenvalue weighted by Crippen LogP contribution is 2.26. The van der Waals surface area contributed by atoms with E-state index in [0.717, 1.165) is 17.9 Å². The summed E-state index contributed by atoms with van der Waals surface area (Å²) < 4.78 is 5.19. The maximum Gasteiger partial charge on any atom is 0.276 e. The first-order valence-corrected chi connectivity index (χ1v) is 9.87. The van der Waals surface area contributed by atoms with Crippen LogP contribution in [-0.4, -0.2) is 70.3 Å². The number of rotatable bonds is 6. The molecule has 2 N–H and O–H groups in total. The minimum atomic E-state index is -0.859. The number of methoxy groups -OCH3 is 1. The lowest BCUT2D eigenvalue weighted by Crippen LogP contribution is -2.42. The highest BCUT2D eigenvalue weighted by Gasteiger charge is 2.33. The van der Waals surface area contributed by atoms with E-state index in [-0.39, 0.29) is 17.4 Å². The van der Waals surface area contributed by atoms with E-state index in [2.05, 4.69) is 9.88 Å². The smallest absolute Gasteiger partial charge is 0.276 e. The summed E-state index contributed by atoms with van der Waals surface area (Å²) in [7, 11) is 3.63. The standard InChI is InChI=1S/C22H29N3O4/c1-24(15-17-6-8-18(29-2)9-7-17)16-22(28)10-4-13-25(14-11-22)21(27)20-19(26)5-3-12-23-20/h3,5-9,12,26,28H,4,10-11,13-16H2,1-2H3/t22-/m1/s1. The number of nitrogens with zero attached hydrogens (tertiary/aromatic N) is 3. The van der Waals surface area contributed by atoms with Crippen LogP contribution in [0.15, 0.2) is 42.6 Å². The van der Waals surface area contributed by atoms with E-state index in [1.54, 1.807) is 18.1 Å². The zero-order chi connectivity index (χ0) is 20.9. The Labute approximate surface area is 171 Å². The molecule has 0 radical (unpaired) electrons. The lowest BCUT2D eigenvalue weighted by molar-refractivity contribution is -0.00402. The van der Waals surface area contributed by atoms with Crippen LogP contribution in [0, 0.1) is 0 Å². The first kappa shape index (κ1) is 21.1. The second kappa shape index (κ2) is 9.24. The molecule has 7 heteroatoms. The second-order valence-electron chi connectivity index (χ2n) is 7.76. The Morgan fingerprint density at radius 2 is 2.00 bits per heavy atom. The molecule has 0 bridgehead atoms. The summed E-state index contributed by atoms with van der Waals surface area (Å²) in [4.78, 5) is 20.5. The highest BCUT2D eigenvalue weighted by molar-refractivity contribution is 5.94. The minimum Gasteiger partial charge on any atom is -0.505 e. The molecule has 0 unspecified atom stereocenters. The Morgan fingerprint density at radius 3 is 2.69 bits per heavy atom. The molecular formula is C22H29N3O4. The average Bonchev–Trinajstić information content (AvgIpc) is 2.90. The summed E-state index contributed by atoms with van der Waals surface area (Å²) in [5, 5.41) is 21.0. The third-order valence-electron chi connectivity index (χ3n) is 5.37. The van der Waals surface area contributed by atoms with Crippen molar-refractivity contribution in [2.75, 3.05) is 33.8 Å². The summed E-state index contributed by atoms with van der Waals surface area (Å²) in [5.74, 6) is 0.415. The van der Waals surface area contributed by atoms with E-state index < -0.39 is 5.60 Å². The molecule has 0 saturated carbocycles. The average molecular weight is 399 g/mol. The number of benzene rings is 1. The lowest BCUT2D eigenvalue weighted by Gasteiger charge is -2.31. The molecule has 1 saturated heterocycles. The van der Waals surface area contributed by atoms with Crippen LogP contribution < -0.4 is 4.74 Å². The molecular weight excluding hydrogens is 370 g/mol. The molecule has 1 fully saturated rings. The van der Waals surface area contributed by atoms with E-state index in [4.69, 9.17) is 4.74 Å². The fraction of sp³-hybridized carbons (Fsp3) is 0.455. The Bertz CT molecular complexity index is 827. The number of amides is 1. The van der Waals surface area contributed by atoms with Crippen LogP contribution in [0.4, 0.5) is 0 Å². The topological polar surface area (TPSA) is 86.1 Å². The monoisotopic (exact) mass is 399 g/mol. The summed E-state index contributed by atoms with van der Waals surface area (Å²) in [5.41, 5.74) is 0.352. The molecule has 0 spiro atoms. The van der Waals surface area contributed by atoms with Crippen molar-refractivity contribution in [2.45, 2.75) is 31.4 Å². The van der Waals surface area contributed by atoms with Gasteiger partial charge in [0.2, 0.25) is 0 Å². The van der Waals surface area contributed by atoms with Crippen LogP contribution in [0.2, 0.25) is 0 Å². The van der Waals surface area contributed by atoms with Gasteiger partial charge in [-0.2, -0.15) is 0 Å². The number of hydrogen-bond donors (Lipinski definition) is 2. The number of likely N-dealkylation sites (tertiary alicyclic amines) is 1. The largest absolute Gasteiger partial charge is 0.505 e. The number of carbonyl (C=O) groups is 1. The van der Waals surface area contributed by atoms with Crippen LogP contribution in [0.3, 0.4) is 0 Å². The van der Waals surface area contributed by atoms with Gasteiger partial charge in [-0.05, 0) is 56.1 Å². The predicted molar refractivity (Wildman–Crippen MR) is 110 cm³/mol. The van der Waals surface area contributed by atoms with Crippen LogP contribution in [-0.2, 0) is 6.54 Å². The van der Waals surface area contributed by atoms with Gasteiger partial charge in [-0.25, -0.2) is 4.98 Å². The van der Waals surface area contributed by atoms with Gasteiger partial charge in [0.25, 0.3) is 5.91 Å². The van der Waals surface area contributed by atoms with E-state index in [1.165, 1.54) is 12.3 Å². The van der Waals surface area contributed by atoms with Gasteiger partial charge in [0.15, 0.2) is 5.69 Å². The molecule has 0 aliphatic carbocycles. The molecule has 1 aromatic heterocycles. The van der Waals surface area contributed by atoms with Gasteiger partial charge < -0.3 is 19.8 Å². The number of aromatic nitrogens is 1. The molecule has 1 amide bonds. The predicted octanol–water partition coefficient (Wildman–Crippen LogP) is 2.29. The van der Waals surface area contributed by atoms with E-state index in [0.29, 0.717) is 38.9 Å².